The van der Waals surface area contributed by atoms with Crippen molar-refractivity contribution in [3.05, 3.63) is 0 Å². The first-order valence-electron chi connectivity index (χ1n) is 7.85. The Labute approximate surface area is 120 Å². The standard InChI is InChI=1S/C15H24N2O3/c1-11-4-5-12(20-11)10-17-9-6-13(18)16-15(14(17)19)7-2-3-8-15/h11-12H,2-10H2,1H3,(H,16,18). The van der Waals surface area contributed by atoms with Crippen LogP contribution in [0.1, 0.15) is 51.9 Å². The molecule has 112 valence electrons. The molecule has 0 radical (unpaired) electrons. The van der Waals surface area contributed by atoms with Crippen LogP contribution in [0.4, 0.5) is 0 Å². The van der Waals surface area contributed by atoms with Gasteiger partial charge in [0.05, 0.1) is 12.2 Å². The summed E-state index contributed by atoms with van der Waals surface area (Å²) in [4.78, 5) is 26.6. The summed E-state index contributed by atoms with van der Waals surface area (Å²) in [5.41, 5.74) is -0.613. The zero-order valence-electron chi connectivity index (χ0n) is 12.2. The van der Waals surface area contributed by atoms with Crippen molar-refractivity contribution in [2.24, 2.45) is 0 Å². The summed E-state index contributed by atoms with van der Waals surface area (Å²) in [5, 5.41) is 3.00. The number of hydrogen-bond acceptors (Lipinski definition) is 3. The number of rotatable bonds is 2. The molecule has 5 heteroatoms. The predicted molar refractivity (Wildman–Crippen MR) is 74.1 cm³/mol. The summed E-state index contributed by atoms with van der Waals surface area (Å²) in [6, 6.07) is 0. The van der Waals surface area contributed by atoms with Crippen LogP contribution in [0.3, 0.4) is 0 Å². The largest absolute Gasteiger partial charge is 0.373 e. The lowest BCUT2D eigenvalue weighted by molar-refractivity contribution is -0.140. The molecule has 2 aliphatic heterocycles. The Morgan fingerprint density at radius 3 is 2.70 bits per heavy atom. The second kappa shape index (κ2) is 5.35. The molecule has 0 aromatic heterocycles. The predicted octanol–water partition coefficient (Wildman–Crippen LogP) is 1.22. The highest BCUT2D eigenvalue weighted by molar-refractivity contribution is 5.93. The minimum absolute atomic E-state index is 0.0171. The minimum atomic E-state index is -0.613. The van der Waals surface area contributed by atoms with Gasteiger partial charge in [-0.1, -0.05) is 12.8 Å². The van der Waals surface area contributed by atoms with Crippen molar-refractivity contribution < 1.29 is 14.3 Å². The SMILES string of the molecule is CC1CCC(CN2CCC(=O)NC3(CCCC3)C2=O)O1. The molecule has 0 aromatic carbocycles. The fourth-order valence-corrected chi connectivity index (χ4v) is 3.78. The van der Waals surface area contributed by atoms with Crippen molar-refractivity contribution >= 4 is 11.8 Å². The Hall–Kier alpha value is -1.10. The lowest BCUT2D eigenvalue weighted by Crippen LogP contribution is -2.56. The molecule has 1 spiro atoms. The molecule has 2 heterocycles. The zero-order valence-corrected chi connectivity index (χ0v) is 12.2. The zero-order chi connectivity index (χ0) is 14.2. The van der Waals surface area contributed by atoms with Crippen molar-refractivity contribution in [1.29, 1.82) is 0 Å². The van der Waals surface area contributed by atoms with Crippen LogP contribution in [0.2, 0.25) is 0 Å². The average Bonchev–Trinajstić information content (AvgIpc) is 3.01. The number of hydrogen-bond donors (Lipinski definition) is 1. The first-order chi connectivity index (χ1) is 9.59. The highest BCUT2D eigenvalue weighted by atomic mass is 16.5. The molecule has 3 aliphatic rings. The van der Waals surface area contributed by atoms with Gasteiger partial charge in [-0.05, 0) is 32.6 Å². The van der Waals surface area contributed by atoms with Crippen molar-refractivity contribution in [3.8, 4) is 0 Å². The van der Waals surface area contributed by atoms with E-state index < -0.39 is 5.54 Å². The molecule has 20 heavy (non-hydrogen) atoms. The Bertz CT molecular complexity index is 404. The Balaban J connectivity index is 1.72. The van der Waals surface area contributed by atoms with E-state index >= 15 is 0 Å². The van der Waals surface area contributed by atoms with Gasteiger partial charge in [0.25, 0.3) is 0 Å². The molecule has 1 aliphatic carbocycles. The number of carbonyl (C=O) groups is 2. The number of nitrogens with one attached hydrogen (secondary N) is 1. The minimum Gasteiger partial charge on any atom is -0.373 e. The van der Waals surface area contributed by atoms with Crippen molar-refractivity contribution in [2.45, 2.75) is 69.6 Å². The van der Waals surface area contributed by atoms with E-state index in [-0.39, 0.29) is 17.9 Å². The van der Waals surface area contributed by atoms with Crippen molar-refractivity contribution in [1.82, 2.24) is 10.2 Å². The van der Waals surface area contributed by atoms with E-state index in [4.69, 9.17) is 4.74 Å². The lowest BCUT2D eigenvalue weighted by atomic mass is 9.95. The molecule has 5 nitrogen and oxygen atoms in total. The van der Waals surface area contributed by atoms with E-state index in [1.807, 2.05) is 4.90 Å². The molecule has 2 saturated heterocycles. The molecule has 0 aromatic rings. The fourth-order valence-electron chi connectivity index (χ4n) is 3.78. The van der Waals surface area contributed by atoms with Crippen LogP contribution in [0.25, 0.3) is 0 Å². The van der Waals surface area contributed by atoms with Crippen LogP contribution in [0, 0.1) is 0 Å². The summed E-state index contributed by atoms with van der Waals surface area (Å²) in [6.45, 7) is 3.24. The van der Waals surface area contributed by atoms with Gasteiger partial charge in [-0.15, -0.1) is 0 Å². The van der Waals surface area contributed by atoms with Gasteiger partial charge >= 0.3 is 0 Å². The van der Waals surface area contributed by atoms with E-state index in [1.54, 1.807) is 0 Å². The molecule has 2 amide bonds. The van der Waals surface area contributed by atoms with Gasteiger partial charge in [0.2, 0.25) is 11.8 Å². The van der Waals surface area contributed by atoms with Crippen LogP contribution >= 0.6 is 0 Å². The molecule has 2 unspecified atom stereocenters. The van der Waals surface area contributed by atoms with Crippen LogP contribution in [0.5, 0.6) is 0 Å². The Kier molecular flexibility index (Phi) is 3.71. The first kappa shape index (κ1) is 13.9. The highest BCUT2D eigenvalue weighted by Crippen LogP contribution is 2.33. The third-order valence-corrected chi connectivity index (χ3v) is 4.89. The lowest BCUT2D eigenvalue weighted by Gasteiger charge is -2.32. The van der Waals surface area contributed by atoms with E-state index in [0.29, 0.717) is 25.6 Å². The summed E-state index contributed by atoms with van der Waals surface area (Å²) in [5.74, 6) is 0.132. The maximum absolute atomic E-state index is 12.8. The third-order valence-electron chi connectivity index (χ3n) is 4.89. The van der Waals surface area contributed by atoms with Gasteiger partial charge in [0.15, 0.2) is 0 Å². The van der Waals surface area contributed by atoms with Gasteiger partial charge in [-0.25, -0.2) is 0 Å². The monoisotopic (exact) mass is 280 g/mol. The van der Waals surface area contributed by atoms with Gasteiger partial charge in [0.1, 0.15) is 5.54 Å². The summed E-state index contributed by atoms with van der Waals surface area (Å²) >= 11 is 0. The second-order valence-electron chi connectivity index (χ2n) is 6.48. The van der Waals surface area contributed by atoms with Gasteiger partial charge in [-0.2, -0.15) is 0 Å². The number of ether oxygens (including phenoxy) is 1. The van der Waals surface area contributed by atoms with E-state index in [2.05, 4.69) is 12.2 Å². The molecule has 1 saturated carbocycles. The molecule has 3 rings (SSSR count). The van der Waals surface area contributed by atoms with Crippen LogP contribution in [0.15, 0.2) is 0 Å². The molecule has 2 atom stereocenters. The van der Waals surface area contributed by atoms with Crippen LogP contribution in [-0.4, -0.2) is 47.6 Å². The topological polar surface area (TPSA) is 58.6 Å². The van der Waals surface area contributed by atoms with E-state index in [9.17, 15) is 9.59 Å². The third kappa shape index (κ3) is 2.55. The van der Waals surface area contributed by atoms with Gasteiger partial charge in [-0.3, -0.25) is 9.59 Å². The molecular formula is C15H24N2O3. The Morgan fingerprint density at radius 2 is 2.05 bits per heavy atom. The number of carbonyl (C=O) groups excluding carboxylic acids is 2. The first-order valence-corrected chi connectivity index (χ1v) is 7.85. The summed E-state index contributed by atoms with van der Waals surface area (Å²) in [6.07, 6.45) is 6.55. The van der Waals surface area contributed by atoms with E-state index in [1.165, 1.54) is 0 Å². The van der Waals surface area contributed by atoms with Crippen molar-refractivity contribution in [3.63, 3.8) is 0 Å². The van der Waals surface area contributed by atoms with Crippen LogP contribution in [-0.2, 0) is 14.3 Å². The van der Waals surface area contributed by atoms with Gasteiger partial charge < -0.3 is 15.0 Å². The molecule has 1 N–H and O–H groups in total. The normalized spacial score (nSPS) is 33.5. The summed E-state index contributed by atoms with van der Waals surface area (Å²) < 4.78 is 5.83. The fraction of sp³-hybridized carbons (Fsp3) is 0.867. The molecule has 0 bridgehead atoms. The second-order valence-corrected chi connectivity index (χ2v) is 6.48. The van der Waals surface area contributed by atoms with Crippen molar-refractivity contribution in [2.75, 3.05) is 13.1 Å². The molecular weight excluding hydrogens is 256 g/mol. The average molecular weight is 280 g/mol. The molecule has 3 fully saturated rings. The van der Waals surface area contributed by atoms with E-state index in [0.717, 1.165) is 38.5 Å². The smallest absolute Gasteiger partial charge is 0.248 e. The quantitative estimate of drug-likeness (QED) is 0.827. The van der Waals surface area contributed by atoms with Crippen LogP contribution < -0.4 is 5.32 Å². The van der Waals surface area contributed by atoms with Gasteiger partial charge in [0, 0.05) is 19.5 Å². The number of amides is 2. The Morgan fingerprint density at radius 1 is 1.30 bits per heavy atom. The highest BCUT2D eigenvalue weighted by Gasteiger charge is 2.46. The maximum Gasteiger partial charge on any atom is 0.248 e. The maximum atomic E-state index is 12.8. The number of nitrogens with zero attached hydrogens (tertiary/aromatic N) is 1. The summed E-state index contributed by atoms with van der Waals surface area (Å²) in [7, 11) is 0.